The number of hydrogen-bond donors (Lipinski definition) is 0. The lowest BCUT2D eigenvalue weighted by atomic mass is 9.88. The fourth-order valence-corrected chi connectivity index (χ4v) is 7.65. The van der Waals surface area contributed by atoms with Crippen molar-refractivity contribution in [2.24, 2.45) is 0 Å². The van der Waals surface area contributed by atoms with Gasteiger partial charge >= 0.3 is 0 Å². The number of ether oxygens (including phenoxy) is 3. The lowest BCUT2D eigenvalue weighted by Crippen LogP contribution is -2.50. The van der Waals surface area contributed by atoms with Gasteiger partial charge in [-0.3, -0.25) is 9.59 Å². The molecule has 0 spiro atoms. The number of nitrogens with zero attached hydrogens (tertiary/aromatic N) is 2. The number of hydrogen-bond acceptors (Lipinski definition) is 5. The molecule has 0 saturated heterocycles. The minimum absolute atomic E-state index is 0.152. The highest BCUT2D eigenvalue weighted by molar-refractivity contribution is 5.78. The summed E-state index contributed by atoms with van der Waals surface area (Å²) in [5.41, 5.74) is 0. The fraction of sp³-hybridized carbons (Fsp3) is 0.938. The molecule has 0 aromatic rings. The van der Waals surface area contributed by atoms with Crippen LogP contribution in [-0.2, 0) is 23.8 Å². The van der Waals surface area contributed by atoms with Crippen LogP contribution >= 0.6 is 0 Å². The topological polar surface area (TPSA) is 68.3 Å². The molecule has 2 amide bonds. The molecule has 0 aromatic heterocycles. The number of carbonyl (C=O) groups is 2. The third-order valence-electron chi connectivity index (χ3n) is 9.64. The highest BCUT2D eigenvalue weighted by Gasteiger charge is 2.33. The molecular weight excluding hydrogens is 492 g/mol. The Morgan fingerprint density at radius 3 is 0.949 bits per heavy atom. The van der Waals surface area contributed by atoms with Crippen LogP contribution in [0.5, 0.6) is 0 Å². The molecule has 4 saturated carbocycles. The van der Waals surface area contributed by atoms with Crippen molar-refractivity contribution in [3.8, 4) is 0 Å². The molecule has 4 aliphatic rings. The van der Waals surface area contributed by atoms with Crippen LogP contribution in [0.15, 0.2) is 0 Å². The minimum Gasteiger partial charge on any atom is -0.377 e. The fourth-order valence-electron chi connectivity index (χ4n) is 7.65. The van der Waals surface area contributed by atoms with E-state index in [1.54, 1.807) is 0 Å². The van der Waals surface area contributed by atoms with Gasteiger partial charge in [-0.05, 0) is 51.4 Å². The van der Waals surface area contributed by atoms with E-state index in [0.717, 1.165) is 51.4 Å². The van der Waals surface area contributed by atoms with Crippen LogP contribution in [-0.4, -0.2) is 85.4 Å². The Bertz CT molecular complexity index is 601. The van der Waals surface area contributed by atoms with Crippen molar-refractivity contribution in [2.75, 3.05) is 39.6 Å². The monoisotopic (exact) mass is 548 g/mol. The summed E-state index contributed by atoms with van der Waals surface area (Å²) >= 11 is 0. The van der Waals surface area contributed by atoms with Crippen molar-refractivity contribution in [1.29, 1.82) is 0 Å². The molecule has 0 aromatic carbocycles. The molecule has 7 heteroatoms. The lowest BCUT2D eigenvalue weighted by molar-refractivity contribution is -0.143. The van der Waals surface area contributed by atoms with Crippen molar-refractivity contribution in [2.45, 2.75) is 153 Å². The maximum atomic E-state index is 13.2. The van der Waals surface area contributed by atoms with Gasteiger partial charge in [0, 0.05) is 24.2 Å². The third kappa shape index (κ3) is 10.00. The van der Waals surface area contributed by atoms with E-state index in [4.69, 9.17) is 14.2 Å². The summed E-state index contributed by atoms with van der Waals surface area (Å²) in [6.45, 7) is 2.00. The Hall–Kier alpha value is -1.18. The van der Waals surface area contributed by atoms with Gasteiger partial charge in [0.25, 0.3) is 0 Å². The summed E-state index contributed by atoms with van der Waals surface area (Å²) in [7, 11) is 0. The summed E-state index contributed by atoms with van der Waals surface area (Å²) in [5.74, 6) is 0.326. The maximum absolute atomic E-state index is 13.2. The normalized spacial score (nSPS) is 22.6. The standard InChI is InChI=1S/C32H56N2O5/c35-31(33(27-13-5-1-6-14-27)28-15-7-2-8-16-28)25-38-23-21-37-22-24-39-26-32(36)34(29-17-9-3-10-18-29)30-19-11-4-12-20-30/h27-30H,1-26H2. The van der Waals surface area contributed by atoms with Gasteiger partial charge in [0.1, 0.15) is 13.2 Å². The summed E-state index contributed by atoms with van der Waals surface area (Å²) in [6.07, 6.45) is 24.3. The van der Waals surface area contributed by atoms with Crippen LogP contribution in [0.3, 0.4) is 0 Å². The van der Waals surface area contributed by atoms with Gasteiger partial charge in [0.2, 0.25) is 11.8 Å². The third-order valence-corrected chi connectivity index (χ3v) is 9.64. The van der Waals surface area contributed by atoms with E-state index >= 15 is 0 Å². The Morgan fingerprint density at radius 2 is 0.667 bits per heavy atom. The first-order chi connectivity index (χ1) is 19.2. The molecule has 7 nitrogen and oxygen atoms in total. The Morgan fingerprint density at radius 1 is 0.410 bits per heavy atom. The van der Waals surface area contributed by atoms with E-state index in [0.29, 0.717) is 50.6 Å². The van der Waals surface area contributed by atoms with Gasteiger partial charge in [0.05, 0.1) is 26.4 Å². The van der Waals surface area contributed by atoms with Crippen LogP contribution in [0.2, 0.25) is 0 Å². The molecule has 0 aliphatic heterocycles. The van der Waals surface area contributed by atoms with E-state index < -0.39 is 0 Å². The van der Waals surface area contributed by atoms with Gasteiger partial charge < -0.3 is 24.0 Å². The summed E-state index contributed by atoms with van der Waals surface area (Å²) < 4.78 is 17.2. The van der Waals surface area contributed by atoms with Crippen LogP contribution in [0.4, 0.5) is 0 Å². The second-order valence-electron chi connectivity index (χ2n) is 12.5. The van der Waals surface area contributed by atoms with Crippen molar-refractivity contribution < 1.29 is 23.8 Å². The molecule has 0 atom stereocenters. The molecule has 39 heavy (non-hydrogen) atoms. The molecule has 0 radical (unpaired) electrons. The predicted molar refractivity (Wildman–Crippen MR) is 154 cm³/mol. The second-order valence-corrected chi connectivity index (χ2v) is 12.5. The van der Waals surface area contributed by atoms with E-state index in [1.165, 1.54) is 77.0 Å². The first kappa shape index (κ1) is 30.8. The highest BCUT2D eigenvalue weighted by Crippen LogP contribution is 2.31. The zero-order chi connectivity index (χ0) is 27.1. The number of carbonyl (C=O) groups excluding carboxylic acids is 2. The first-order valence-electron chi connectivity index (χ1n) is 16.6. The van der Waals surface area contributed by atoms with Crippen molar-refractivity contribution in [3.63, 3.8) is 0 Å². The number of rotatable bonds is 14. The maximum Gasteiger partial charge on any atom is 0.249 e. The van der Waals surface area contributed by atoms with E-state index in [-0.39, 0.29) is 25.0 Å². The summed E-state index contributed by atoms with van der Waals surface area (Å²) in [5, 5.41) is 0. The lowest BCUT2D eigenvalue weighted by Gasteiger charge is -2.41. The molecule has 4 fully saturated rings. The average molecular weight is 549 g/mol. The minimum atomic E-state index is 0.152. The van der Waals surface area contributed by atoms with E-state index in [9.17, 15) is 9.59 Å². The van der Waals surface area contributed by atoms with Crippen LogP contribution in [0.1, 0.15) is 128 Å². The van der Waals surface area contributed by atoms with Crippen LogP contribution in [0.25, 0.3) is 0 Å². The van der Waals surface area contributed by atoms with Gasteiger partial charge in [-0.25, -0.2) is 0 Å². The zero-order valence-electron chi connectivity index (χ0n) is 24.6. The molecule has 0 bridgehead atoms. The largest absolute Gasteiger partial charge is 0.377 e. The Kier molecular flexibility index (Phi) is 13.9. The first-order valence-corrected chi connectivity index (χ1v) is 16.6. The summed E-state index contributed by atoms with van der Waals surface area (Å²) in [4.78, 5) is 30.8. The SMILES string of the molecule is O=C(COCCOCCOCC(=O)N(C1CCCCC1)C1CCCCC1)N(C1CCCCC1)C1CCCCC1. The molecule has 224 valence electrons. The van der Waals surface area contributed by atoms with Crippen LogP contribution in [0, 0.1) is 0 Å². The smallest absolute Gasteiger partial charge is 0.249 e. The molecule has 0 unspecified atom stereocenters. The van der Waals surface area contributed by atoms with E-state index in [2.05, 4.69) is 9.80 Å². The average Bonchev–Trinajstić information content (AvgIpc) is 2.99. The molecular formula is C32H56N2O5. The molecule has 4 aliphatic carbocycles. The van der Waals surface area contributed by atoms with Gasteiger partial charge in [-0.1, -0.05) is 77.0 Å². The van der Waals surface area contributed by atoms with Crippen molar-refractivity contribution in [3.05, 3.63) is 0 Å². The second kappa shape index (κ2) is 17.6. The summed E-state index contributed by atoms with van der Waals surface area (Å²) in [6, 6.07) is 1.62. The van der Waals surface area contributed by atoms with Crippen molar-refractivity contribution >= 4 is 11.8 Å². The quantitative estimate of drug-likeness (QED) is 0.248. The zero-order valence-corrected chi connectivity index (χ0v) is 24.6. The predicted octanol–water partition coefficient (Wildman–Crippen LogP) is 6.02. The highest BCUT2D eigenvalue weighted by atomic mass is 16.5. The molecule has 0 heterocycles. The van der Waals surface area contributed by atoms with Gasteiger partial charge in [-0.15, -0.1) is 0 Å². The number of amides is 2. The van der Waals surface area contributed by atoms with Gasteiger partial charge in [-0.2, -0.15) is 0 Å². The Labute approximate surface area is 237 Å². The Balaban J connectivity index is 1.09. The molecule has 4 rings (SSSR count). The van der Waals surface area contributed by atoms with Crippen molar-refractivity contribution in [1.82, 2.24) is 9.80 Å². The van der Waals surface area contributed by atoms with Crippen LogP contribution < -0.4 is 0 Å². The van der Waals surface area contributed by atoms with Gasteiger partial charge in [0.15, 0.2) is 0 Å². The van der Waals surface area contributed by atoms with E-state index in [1.807, 2.05) is 0 Å². The molecule has 0 N–H and O–H groups in total.